The van der Waals surface area contributed by atoms with Crippen molar-refractivity contribution in [3.63, 3.8) is 0 Å². The Hall–Kier alpha value is -0.217. The smallest absolute Gasteiger partial charge is 0.214 e. The topological polar surface area (TPSA) is 72.6 Å². The largest absolute Gasteiger partial charge is 2.00 e. The Labute approximate surface area is 45.7 Å². The Morgan fingerprint density at radius 1 is 1.83 bits per heavy atom. The average Bonchev–Trinajstić information content (AvgIpc) is 1.38. The van der Waals surface area contributed by atoms with Crippen LogP contribution < -0.4 is 0 Å². The first-order chi connectivity index (χ1) is 2.27. The molecular formula is HNO4Zn+2. The van der Waals surface area contributed by atoms with Gasteiger partial charge in [-0.2, -0.15) is 0 Å². The van der Waals surface area contributed by atoms with Gasteiger partial charge in [0.2, 0.25) is 0 Å². The minimum Gasteiger partial charge on any atom is -0.214 e. The first kappa shape index (κ1) is 9.24. The predicted octanol–water partition coefficient (Wildman–Crippen LogP) is -0.335. The second-order valence-corrected chi connectivity index (χ2v) is 0.305. The molecule has 0 aliphatic rings. The van der Waals surface area contributed by atoms with Crippen molar-refractivity contribution >= 4 is 0 Å². The van der Waals surface area contributed by atoms with Gasteiger partial charge < -0.3 is 0 Å². The molecule has 0 atom stereocenters. The molecule has 0 saturated carbocycles. The molecule has 0 aliphatic carbocycles. The fourth-order valence-corrected chi connectivity index (χ4v) is 0. The minimum absolute atomic E-state index is 0. The molecule has 0 spiro atoms. The average molecular weight is 144 g/mol. The summed E-state index contributed by atoms with van der Waals surface area (Å²) < 4.78 is 0. The first-order valence-electron chi connectivity index (χ1n) is 0.730. The van der Waals surface area contributed by atoms with Crippen LogP contribution in [-0.2, 0) is 24.5 Å². The molecule has 0 radical (unpaired) electrons. The second-order valence-electron chi connectivity index (χ2n) is 0.305. The molecule has 30 valence electrons. The van der Waals surface area contributed by atoms with Crippen LogP contribution in [-0.4, -0.2) is 10.3 Å². The molecule has 1 N–H and O–H groups in total. The second kappa shape index (κ2) is 4.78. The van der Waals surface area contributed by atoms with Gasteiger partial charge in [-0.15, -0.1) is 15.1 Å². The van der Waals surface area contributed by atoms with E-state index < -0.39 is 5.09 Å². The number of hydrogen-bond acceptors (Lipinski definition) is 4. The standard InChI is InChI=1S/HNO4.Zn/c2-1(3)5-4;/h4H;/q;+2. The van der Waals surface area contributed by atoms with Crippen molar-refractivity contribution in [2.45, 2.75) is 0 Å². The van der Waals surface area contributed by atoms with Crippen LogP contribution in [0.4, 0.5) is 0 Å². The van der Waals surface area contributed by atoms with Crippen molar-refractivity contribution in [3.05, 3.63) is 10.1 Å². The van der Waals surface area contributed by atoms with Gasteiger partial charge in [0.25, 0.3) is 0 Å². The number of nitrogens with zero attached hydrogens (tertiary/aromatic N) is 1. The SMILES string of the molecule is O=[N+]([O-])OO.[Zn+2]. The Kier molecular flexibility index (Phi) is 7.37. The van der Waals surface area contributed by atoms with Crippen molar-refractivity contribution in [3.8, 4) is 0 Å². The van der Waals surface area contributed by atoms with Gasteiger partial charge in [0.15, 0.2) is 0 Å². The number of rotatable bonds is 1. The third-order valence-corrected chi connectivity index (χ3v) is 0.0667. The molecule has 0 amide bonds. The van der Waals surface area contributed by atoms with Crippen molar-refractivity contribution in [1.29, 1.82) is 0 Å². The maximum Gasteiger partial charge on any atom is 2.00 e. The Balaban J connectivity index is 0. The monoisotopic (exact) mass is 143 g/mol. The van der Waals surface area contributed by atoms with Crippen LogP contribution >= 0.6 is 0 Å². The molecule has 0 aliphatic heterocycles. The molecular weight excluding hydrogens is 143 g/mol. The molecule has 5 nitrogen and oxygen atoms in total. The van der Waals surface area contributed by atoms with Gasteiger partial charge in [0, 0.05) is 0 Å². The molecule has 0 bridgehead atoms. The van der Waals surface area contributed by atoms with E-state index in [0.717, 1.165) is 0 Å². The molecule has 0 aromatic rings. The van der Waals surface area contributed by atoms with E-state index >= 15 is 0 Å². The Morgan fingerprint density at radius 3 is 2.00 bits per heavy atom. The third kappa shape index (κ3) is 9.22. The Bertz CT molecular complexity index is 42.8. The van der Waals surface area contributed by atoms with Crippen LogP contribution in [0.1, 0.15) is 0 Å². The Morgan fingerprint density at radius 2 is 2.00 bits per heavy atom. The van der Waals surface area contributed by atoms with E-state index in [2.05, 4.69) is 4.99 Å². The van der Waals surface area contributed by atoms with Crippen molar-refractivity contribution in [1.82, 2.24) is 0 Å². The molecule has 0 fully saturated rings. The first-order valence-corrected chi connectivity index (χ1v) is 0.730. The zero-order chi connectivity index (χ0) is 4.28. The molecule has 0 aromatic carbocycles. The van der Waals surface area contributed by atoms with Crippen molar-refractivity contribution in [2.24, 2.45) is 0 Å². The summed E-state index contributed by atoms with van der Waals surface area (Å²) in [6.45, 7) is 0. The summed E-state index contributed by atoms with van der Waals surface area (Å²) >= 11 is 0. The van der Waals surface area contributed by atoms with E-state index in [4.69, 9.17) is 15.4 Å². The van der Waals surface area contributed by atoms with Gasteiger partial charge in [0.1, 0.15) is 0 Å². The van der Waals surface area contributed by atoms with E-state index in [1.54, 1.807) is 0 Å². The van der Waals surface area contributed by atoms with Gasteiger partial charge in [0.05, 0.1) is 0 Å². The zero-order valence-corrected chi connectivity index (χ0v) is 5.79. The summed E-state index contributed by atoms with van der Waals surface area (Å²) in [5.41, 5.74) is 0. The van der Waals surface area contributed by atoms with Crippen LogP contribution in [0, 0.1) is 10.1 Å². The fraction of sp³-hybridized carbons (Fsp3) is 0. The summed E-state index contributed by atoms with van der Waals surface area (Å²) in [6.07, 6.45) is 0. The maximum absolute atomic E-state index is 8.70. The van der Waals surface area contributed by atoms with E-state index in [0.29, 0.717) is 0 Å². The van der Waals surface area contributed by atoms with Gasteiger partial charge >= 0.3 is 24.6 Å². The van der Waals surface area contributed by atoms with Crippen LogP contribution in [0.15, 0.2) is 0 Å². The molecule has 6 heavy (non-hydrogen) atoms. The molecule has 0 heterocycles. The van der Waals surface area contributed by atoms with Crippen LogP contribution in [0.3, 0.4) is 0 Å². The molecule has 0 aromatic heterocycles. The minimum atomic E-state index is -1.32. The van der Waals surface area contributed by atoms with E-state index in [1.165, 1.54) is 0 Å². The maximum atomic E-state index is 8.70. The van der Waals surface area contributed by atoms with Crippen molar-refractivity contribution < 1.29 is 34.8 Å². The molecule has 0 rings (SSSR count). The summed E-state index contributed by atoms with van der Waals surface area (Å²) in [7, 11) is 0. The van der Waals surface area contributed by atoms with Crippen molar-refractivity contribution in [2.75, 3.05) is 0 Å². The molecule has 6 heteroatoms. The van der Waals surface area contributed by atoms with E-state index in [-0.39, 0.29) is 19.5 Å². The summed E-state index contributed by atoms with van der Waals surface area (Å²) in [6, 6.07) is 0. The molecule has 0 unspecified atom stereocenters. The summed E-state index contributed by atoms with van der Waals surface area (Å²) in [4.78, 5) is 11.2. The van der Waals surface area contributed by atoms with E-state index in [1.807, 2.05) is 0 Å². The van der Waals surface area contributed by atoms with Gasteiger partial charge in [-0.1, -0.05) is 0 Å². The molecule has 0 saturated heterocycles. The van der Waals surface area contributed by atoms with Gasteiger partial charge in [-0.25, -0.2) is 5.26 Å². The van der Waals surface area contributed by atoms with Crippen LogP contribution in [0.25, 0.3) is 0 Å². The fourth-order valence-electron chi connectivity index (χ4n) is 0. The zero-order valence-electron chi connectivity index (χ0n) is 2.83. The van der Waals surface area contributed by atoms with Gasteiger partial charge in [-0.3, -0.25) is 0 Å². The number of hydrogen-bond donors (Lipinski definition) is 1. The van der Waals surface area contributed by atoms with Crippen LogP contribution in [0.2, 0.25) is 0 Å². The van der Waals surface area contributed by atoms with Gasteiger partial charge in [-0.05, 0) is 0 Å². The predicted molar refractivity (Wildman–Crippen MR) is 10.7 cm³/mol. The van der Waals surface area contributed by atoms with E-state index in [9.17, 15) is 0 Å². The third-order valence-electron chi connectivity index (χ3n) is 0.0667. The normalized spacial score (nSPS) is 5.50. The van der Waals surface area contributed by atoms with Crippen LogP contribution in [0.5, 0.6) is 0 Å². The summed E-state index contributed by atoms with van der Waals surface area (Å²) in [5.74, 6) is 0. The summed E-state index contributed by atoms with van der Waals surface area (Å²) in [5, 5.41) is 14.3. The quantitative estimate of drug-likeness (QED) is 0.237.